The molecule has 9 heteroatoms. The standard InChI is InChI=1S/C24H22N6O3/c1-2-19(31)29-13-12-15(14-29)21-20-22(23(25)26-27-24(20)32)30(28-21)16-8-10-18(11-9-16)33-17-6-4-3-5-7-17/h2-11,15H,1,12-14H2,(H2,25,26)(H,27,32)/t15-/m1/s1. The molecule has 1 atom stereocenters. The minimum absolute atomic E-state index is 0.0961. The maximum absolute atomic E-state index is 12.7. The largest absolute Gasteiger partial charge is 0.457 e. The van der Waals surface area contributed by atoms with Crippen molar-refractivity contribution in [3.8, 4) is 17.2 Å². The van der Waals surface area contributed by atoms with E-state index in [1.165, 1.54) is 6.08 Å². The summed E-state index contributed by atoms with van der Waals surface area (Å²) in [6, 6.07) is 16.8. The number of likely N-dealkylation sites (tertiary alicyclic amines) is 1. The fraction of sp³-hybridized carbons (Fsp3) is 0.167. The van der Waals surface area contributed by atoms with Crippen LogP contribution in [0.1, 0.15) is 18.0 Å². The maximum Gasteiger partial charge on any atom is 0.275 e. The van der Waals surface area contributed by atoms with Gasteiger partial charge in [-0.15, -0.1) is 0 Å². The number of ether oxygens (including phenoxy) is 1. The highest BCUT2D eigenvalue weighted by atomic mass is 16.5. The number of para-hydroxylation sites is 1. The van der Waals surface area contributed by atoms with E-state index in [1.807, 2.05) is 54.6 Å². The number of aromatic nitrogens is 4. The van der Waals surface area contributed by atoms with Crippen LogP contribution in [-0.2, 0) is 4.79 Å². The number of hydrogen-bond donors (Lipinski definition) is 2. The lowest BCUT2D eigenvalue weighted by atomic mass is 10.0. The summed E-state index contributed by atoms with van der Waals surface area (Å²) in [5, 5.41) is 11.6. The lowest BCUT2D eigenvalue weighted by Gasteiger charge is -2.13. The number of fused-ring (bicyclic) bond motifs is 1. The number of nitrogens with two attached hydrogens (primary N) is 1. The van der Waals surface area contributed by atoms with Gasteiger partial charge in [-0.3, -0.25) is 9.59 Å². The zero-order valence-electron chi connectivity index (χ0n) is 17.8. The summed E-state index contributed by atoms with van der Waals surface area (Å²) in [7, 11) is 0. The molecule has 166 valence electrons. The molecule has 33 heavy (non-hydrogen) atoms. The van der Waals surface area contributed by atoms with Crippen LogP contribution in [0.4, 0.5) is 5.82 Å². The van der Waals surface area contributed by atoms with Crippen LogP contribution in [0.15, 0.2) is 72.0 Å². The van der Waals surface area contributed by atoms with Crippen molar-refractivity contribution in [3.05, 3.63) is 83.3 Å². The monoisotopic (exact) mass is 442 g/mol. The topological polar surface area (TPSA) is 119 Å². The van der Waals surface area contributed by atoms with Gasteiger partial charge in [0.25, 0.3) is 5.56 Å². The molecule has 0 spiro atoms. The molecule has 4 aromatic rings. The quantitative estimate of drug-likeness (QED) is 0.459. The molecule has 0 saturated carbocycles. The second-order valence-corrected chi connectivity index (χ2v) is 7.84. The van der Waals surface area contributed by atoms with Crippen molar-refractivity contribution in [2.45, 2.75) is 12.3 Å². The average Bonchev–Trinajstić information content (AvgIpc) is 3.48. The van der Waals surface area contributed by atoms with Gasteiger partial charge in [-0.25, -0.2) is 9.78 Å². The summed E-state index contributed by atoms with van der Waals surface area (Å²) in [6.07, 6.45) is 1.99. The smallest absolute Gasteiger partial charge is 0.275 e. The first-order valence-electron chi connectivity index (χ1n) is 10.6. The van der Waals surface area contributed by atoms with E-state index in [2.05, 4.69) is 16.8 Å². The molecule has 3 N–H and O–H groups in total. The summed E-state index contributed by atoms with van der Waals surface area (Å²) < 4.78 is 7.50. The van der Waals surface area contributed by atoms with Crippen molar-refractivity contribution in [1.82, 2.24) is 24.9 Å². The van der Waals surface area contributed by atoms with E-state index in [0.29, 0.717) is 47.5 Å². The Balaban J connectivity index is 1.54. The van der Waals surface area contributed by atoms with E-state index in [-0.39, 0.29) is 23.2 Å². The lowest BCUT2D eigenvalue weighted by Crippen LogP contribution is -2.26. The number of carbonyl (C=O) groups is 1. The fourth-order valence-corrected chi connectivity index (χ4v) is 4.18. The number of amides is 1. The van der Waals surface area contributed by atoms with Crippen LogP contribution in [0.2, 0.25) is 0 Å². The van der Waals surface area contributed by atoms with Gasteiger partial charge in [0, 0.05) is 19.0 Å². The molecule has 5 rings (SSSR count). The number of nitrogens with zero attached hydrogens (tertiary/aromatic N) is 4. The van der Waals surface area contributed by atoms with Crippen LogP contribution in [0.3, 0.4) is 0 Å². The Labute approximate surface area is 189 Å². The summed E-state index contributed by atoms with van der Waals surface area (Å²) >= 11 is 0. The maximum atomic E-state index is 12.7. The second kappa shape index (κ2) is 8.27. The molecule has 0 aliphatic carbocycles. The van der Waals surface area contributed by atoms with Gasteiger partial charge < -0.3 is 15.4 Å². The van der Waals surface area contributed by atoms with Crippen molar-refractivity contribution in [3.63, 3.8) is 0 Å². The third-order valence-corrected chi connectivity index (χ3v) is 5.78. The molecule has 1 aliphatic rings. The minimum atomic E-state index is -0.363. The van der Waals surface area contributed by atoms with Gasteiger partial charge in [0.05, 0.1) is 16.8 Å². The summed E-state index contributed by atoms with van der Waals surface area (Å²) in [6.45, 7) is 4.59. The van der Waals surface area contributed by atoms with Crippen LogP contribution in [0, 0.1) is 0 Å². The SMILES string of the molecule is C=CC(=O)N1CC[C@@H](c2nn(-c3ccc(Oc4ccccc4)cc3)c3c(N)n[nH]c(=O)c23)C1. The minimum Gasteiger partial charge on any atom is -0.457 e. The Morgan fingerprint density at radius 2 is 1.88 bits per heavy atom. The zero-order valence-corrected chi connectivity index (χ0v) is 17.8. The molecule has 0 radical (unpaired) electrons. The molecule has 1 aliphatic heterocycles. The van der Waals surface area contributed by atoms with Gasteiger partial charge in [0.1, 0.15) is 17.0 Å². The Morgan fingerprint density at radius 1 is 1.15 bits per heavy atom. The van der Waals surface area contributed by atoms with Crippen molar-refractivity contribution >= 4 is 22.6 Å². The van der Waals surface area contributed by atoms with E-state index in [0.717, 1.165) is 5.75 Å². The highest BCUT2D eigenvalue weighted by molar-refractivity contribution is 5.91. The number of aromatic amines is 1. The summed E-state index contributed by atoms with van der Waals surface area (Å²) in [5.41, 5.74) is 7.55. The molecule has 0 unspecified atom stereocenters. The molecule has 3 heterocycles. The molecular formula is C24H22N6O3. The van der Waals surface area contributed by atoms with Gasteiger partial charge in [0.2, 0.25) is 5.91 Å². The lowest BCUT2D eigenvalue weighted by molar-refractivity contribution is -0.125. The first kappa shape index (κ1) is 20.5. The summed E-state index contributed by atoms with van der Waals surface area (Å²) in [4.78, 5) is 26.5. The van der Waals surface area contributed by atoms with Crippen LogP contribution in [0.25, 0.3) is 16.6 Å². The fourth-order valence-electron chi connectivity index (χ4n) is 4.18. The van der Waals surface area contributed by atoms with Crippen molar-refractivity contribution in [2.24, 2.45) is 0 Å². The molecule has 1 fully saturated rings. The predicted molar refractivity (Wildman–Crippen MR) is 125 cm³/mol. The van der Waals surface area contributed by atoms with Gasteiger partial charge in [-0.2, -0.15) is 10.2 Å². The van der Waals surface area contributed by atoms with Gasteiger partial charge in [-0.05, 0) is 48.9 Å². The van der Waals surface area contributed by atoms with Crippen LogP contribution in [-0.4, -0.2) is 43.9 Å². The number of benzene rings is 2. The molecule has 2 aromatic heterocycles. The number of hydrogen-bond acceptors (Lipinski definition) is 6. The molecule has 1 amide bonds. The number of H-pyrrole nitrogens is 1. The Bertz CT molecular complexity index is 1390. The number of anilines is 1. The molecule has 9 nitrogen and oxygen atoms in total. The van der Waals surface area contributed by atoms with Crippen LogP contribution < -0.4 is 16.0 Å². The van der Waals surface area contributed by atoms with Crippen molar-refractivity contribution < 1.29 is 9.53 Å². The van der Waals surface area contributed by atoms with Crippen LogP contribution in [0.5, 0.6) is 11.5 Å². The van der Waals surface area contributed by atoms with Gasteiger partial charge in [-0.1, -0.05) is 24.8 Å². The highest BCUT2D eigenvalue weighted by Crippen LogP contribution is 2.33. The van der Waals surface area contributed by atoms with Crippen molar-refractivity contribution in [1.29, 1.82) is 0 Å². The summed E-state index contributed by atoms with van der Waals surface area (Å²) in [5.74, 6) is 1.34. The third-order valence-electron chi connectivity index (χ3n) is 5.78. The van der Waals surface area contributed by atoms with E-state index in [4.69, 9.17) is 15.6 Å². The van der Waals surface area contributed by atoms with Crippen LogP contribution >= 0.6 is 0 Å². The van der Waals surface area contributed by atoms with Gasteiger partial charge >= 0.3 is 0 Å². The predicted octanol–water partition coefficient (Wildman–Crippen LogP) is 2.99. The molecule has 1 saturated heterocycles. The van der Waals surface area contributed by atoms with Gasteiger partial charge in [0.15, 0.2) is 5.82 Å². The molecule has 2 aromatic carbocycles. The van der Waals surface area contributed by atoms with E-state index in [1.54, 1.807) is 9.58 Å². The second-order valence-electron chi connectivity index (χ2n) is 7.84. The zero-order chi connectivity index (χ0) is 22.9. The molecule has 0 bridgehead atoms. The number of carbonyl (C=O) groups excluding carboxylic acids is 1. The molecular weight excluding hydrogens is 420 g/mol. The Hall–Kier alpha value is -4.40. The first-order chi connectivity index (χ1) is 16.0. The van der Waals surface area contributed by atoms with E-state index in [9.17, 15) is 9.59 Å². The third kappa shape index (κ3) is 3.73. The van der Waals surface area contributed by atoms with E-state index < -0.39 is 0 Å². The van der Waals surface area contributed by atoms with Crippen molar-refractivity contribution in [2.75, 3.05) is 18.8 Å². The average molecular weight is 442 g/mol. The number of nitrogen functional groups attached to an aromatic ring is 1. The normalized spacial score (nSPS) is 15.6. The highest BCUT2D eigenvalue weighted by Gasteiger charge is 2.31. The number of rotatable bonds is 5. The Morgan fingerprint density at radius 3 is 2.61 bits per heavy atom. The number of nitrogens with one attached hydrogen (secondary N) is 1. The van der Waals surface area contributed by atoms with E-state index >= 15 is 0 Å². The first-order valence-corrected chi connectivity index (χ1v) is 10.6. The Kier molecular flexibility index (Phi) is 5.14.